The molecule has 8 bridgehead atoms. The van der Waals surface area contributed by atoms with Crippen molar-refractivity contribution in [3.8, 4) is 89.5 Å². The number of aromatic nitrogens is 4. The molecule has 16 heteroatoms. The van der Waals surface area contributed by atoms with Crippen molar-refractivity contribution in [3.63, 3.8) is 0 Å². The Morgan fingerprint density at radius 2 is 0.434 bits per heavy atom. The van der Waals surface area contributed by atoms with Gasteiger partial charge < -0.3 is 9.97 Å². The molecule has 13 rings (SSSR count). The number of aromatic amines is 2. The van der Waals surface area contributed by atoms with Crippen LogP contribution < -0.4 is 0 Å². The summed E-state index contributed by atoms with van der Waals surface area (Å²) in [6.07, 6.45) is 0. The van der Waals surface area contributed by atoms with Gasteiger partial charge in [-0.05, 0) is 70.8 Å². The Morgan fingerprint density at radius 1 is 0.250 bits per heavy atom. The number of benzene rings is 8. The Morgan fingerprint density at radius 3 is 0.632 bits per heavy atom. The topological polar surface area (TPSA) is 57.4 Å². The summed E-state index contributed by atoms with van der Waals surface area (Å²) in [6, 6.07) is 31.5. The summed E-state index contributed by atoms with van der Waals surface area (Å²) >= 11 is 0. The molecule has 0 amide bonds. The van der Waals surface area contributed by atoms with Gasteiger partial charge in [0, 0.05) is 66.1 Å². The van der Waals surface area contributed by atoms with Crippen LogP contribution in [0.5, 0.6) is 0 Å². The van der Waals surface area contributed by atoms with Gasteiger partial charge in [0.25, 0.3) is 0 Å². The van der Waals surface area contributed by atoms with Crippen molar-refractivity contribution in [2.75, 3.05) is 0 Å². The normalized spacial score (nSPS) is 11.9. The Labute approximate surface area is 419 Å². The van der Waals surface area contributed by atoms with E-state index in [1.165, 1.54) is 0 Å². The van der Waals surface area contributed by atoms with E-state index < -0.39 is 69.8 Å². The van der Waals surface area contributed by atoms with Crippen molar-refractivity contribution in [2.24, 2.45) is 0 Å². The molecule has 0 radical (unpaired) electrons. The molecule has 0 fully saturated rings. The summed E-state index contributed by atoms with van der Waals surface area (Å²) in [7, 11) is 0. The van der Waals surface area contributed by atoms with Crippen LogP contribution in [0.15, 0.2) is 146 Å². The van der Waals surface area contributed by atoms with E-state index in [1.54, 1.807) is 97.1 Å². The summed E-state index contributed by atoms with van der Waals surface area (Å²) in [6.45, 7) is 0. The maximum Gasteiger partial charge on any atom is 0.194 e. The van der Waals surface area contributed by atoms with Crippen LogP contribution in [-0.2, 0) is 0 Å². The molecule has 0 unspecified atom stereocenters. The van der Waals surface area contributed by atoms with Crippen molar-refractivity contribution >= 4 is 43.6 Å². The second-order valence-electron chi connectivity index (χ2n) is 18.1. The van der Waals surface area contributed by atoms with E-state index in [1.807, 2.05) is 0 Å². The van der Waals surface area contributed by atoms with Crippen LogP contribution in [0.3, 0.4) is 0 Å². The van der Waals surface area contributed by atoms with E-state index in [2.05, 4.69) is 9.97 Å². The standard InChI is InChI=1S/C60H26F12N4/c61-37-17-25(18-38(62)49(37)69)45-53-29-9-1-2-10-30(29)54(73-53)46(26-19-39(63)50(70)40(64)20-26)56-33-13-5-6-14-34(33)58(75-56)48(28-23-43(67)52(72)44(68)24-28)60-36-16-8-7-15-35(36)59(76-60)47(27-21-41(65)51(71)42(66)22-27)57-32-12-4-3-11-31(32)55(45)74-57/h1-24,73,76H. The highest BCUT2D eigenvalue weighted by Crippen LogP contribution is 2.52. The van der Waals surface area contributed by atoms with E-state index in [9.17, 15) is 0 Å². The second kappa shape index (κ2) is 17.1. The number of rotatable bonds is 4. The van der Waals surface area contributed by atoms with Crippen LogP contribution in [0.1, 0.15) is 0 Å². The predicted molar refractivity (Wildman–Crippen MR) is 266 cm³/mol. The molecule has 370 valence electrons. The summed E-state index contributed by atoms with van der Waals surface area (Å²) in [5.74, 6) is -20.0. The molecule has 1 aliphatic carbocycles. The van der Waals surface area contributed by atoms with Crippen molar-refractivity contribution in [2.45, 2.75) is 0 Å². The smallest absolute Gasteiger partial charge is 0.194 e. The molecule has 0 atom stereocenters. The van der Waals surface area contributed by atoms with Gasteiger partial charge in [-0.25, -0.2) is 62.7 Å². The molecule has 4 nitrogen and oxygen atoms in total. The molecule has 2 N–H and O–H groups in total. The highest BCUT2D eigenvalue weighted by atomic mass is 19.2. The third-order valence-electron chi connectivity index (χ3n) is 13.8. The monoisotopic (exact) mass is 1030 g/mol. The van der Waals surface area contributed by atoms with Crippen molar-refractivity contribution in [1.82, 2.24) is 19.9 Å². The fourth-order valence-electron chi connectivity index (χ4n) is 10.6. The lowest BCUT2D eigenvalue weighted by molar-refractivity contribution is 0.447. The molecule has 10 aromatic rings. The van der Waals surface area contributed by atoms with Crippen LogP contribution in [0, 0.1) is 69.8 Å². The highest BCUT2D eigenvalue weighted by Gasteiger charge is 2.32. The lowest BCUT2D eigenvalue weighted by Gasteiger charge is -2.10. The van der Waals surface area contributed by atoms with E-state index in [0.29, 0.717) is 0 Å². The number of hydrogen-bond acceptors (Lipinski definition) is 2. The minimum absolute atomic E-state index is 0.0205. The molecule has 76 heavy (non-hydrogen) atoms. The summed E-state index contributed by atoms with van der Waals surface area (Å²) in [5.41, 5.74) is -0.816. The van der Waals surface area contributed by atoms with Gasteiger partial charge in [0.05, 0.1) is 44.8 Å². The van der Waals surface area contributed by atoms with E-state index in [-0.39, 0.29) is 133 Å². The van der Waals surface area contributed by atoms with Gasteiger partial charge >= 0.3 is 0 Å². The SMILES string of the molecule is Fc1cc(-c2c3nc(c(-c4cc(F)c(F)c(F)c4)c4[nH]c(c(-c5cc(F)c(F)c(F)c5)c5nc(c(-c6cc(F)c(F)c(F)c6)c6[nH]c2c2ccccc62)-c2ccccc2-5)c2ccccc42)-c2ccccc2-3)cc(F)c1F. The Bertz CT molecular complexity index is 3920. The van der Waals surface area contributed by atoms with E-state index in [4.69, 9.17) is 9.97 Å². The average molecular weight is 1030 g/mol. The molecule has 0 saturated heterocycles. The molecule has 0 spiro atoms. The Hall–Kier alpha value is -9.44. The number of nitrogens with one attached hydrogen (secondary N) is 2. The zero-order valence-corrected chi connectivity index (χ0v) is 38.3. The molecular formula is C60H26F12N4. The molecule has 3 aliphatic rings. The van der Waals surface area contributed by atoms with Gasteiger partial charge in [0.1, 0.15) is 0 Å². The fourth-order valence-corrected chi connectivity index (χ4v) is 10.6. The Kier molecular flexibility index (Phi) is 10.4. The highest BCUT2D eigenvalue weighted by molar-refractivity contribution is 6.21. The van der Waals surface area contributed by atoms with Crippen LogP contribution in [0.25, 0.3) is 133 Å². The molecule has 8 aromatic carbocycles. The number of hydrogen-bond donors (Lipinski definition) is 2. The van der Waals surface area contributed by atoms with Gasteiger partial charge in [-0.15, -0.1) is 0 Å². The molecule has 4 heterocycles. The zero-order chi connectivity index (χ0) is 52.6. The molecule has 0 saturated carbocycles. The first kappa shape index (κ1) is 46.4. The van der Waals surface area contributed by atoms with Crippen molar-refractivity contribution in [1.29, 1.82) is 0 Å². The van der Waals surface area contributed by atoms with Crippen molar-refractivity contribution in [3.05, 3.63) is 215 Å². The first-order valence-electron chi connectivity index (χ1n) is 23.1. The molecule has 2 aliphatic heterocycles. The number of H-pyrrole nitrogens is 2. The maximum absolute atomic E-state index is 15.8. The minimum atomic E-state index is -1.80. The van der Waals surface area contributed by atoms with Gasteiger partial charge in [-0.1, -0.05) is 97.1 Å². The minimum Gasteiger partial charge on any atom is -0.353 e. The Balaban J connectivity index is 1.40. The third-order valence-corrected chi connectivity index (χ3v) is 13.8. The fraction of sp³-hybridized carbons (Fsp3) is 0. The summed E-state index contributed by atoms with van der Waals surface area (Å²) in [4.78, 5) is 17.0. The second-order valence-corrected chi connectivity index (χ2v) is 18.1. The lowest BCUT2D eigenvalue weighted by atomic mass is 9.93. The van der Waals surface area contributed by atoms with Gasteiger partial charge in [-0.2, -0.15) is 0 Å². The largest absolute Gasteiger partial charge is 0.353 e. The third kappa shape index (κ3) is 6.89. The maximum atomic E-state index is 15.8. The van der Waals surface area contributed by atoms with E-state index in [0.717, 1.165) is 48.5 Å². The van der Waals surface area contributed by atoms with Crippen LogP contribution >= 0.6 is 0 Å². The summed E-state index contributed by atoms with van der Waals surface area (Å²) in [5, 5.41) is 1.07. The van der Waals surface area contributed by atoms with Gasteiger partial charge in [0.15, 0.2) is 69.8 Å². The average Bonchev–Trinajstić information content (AvgIpc) is 4.18. The van der Waals surface area contributed by atoms with Crippen LogP contribution in [0.4, 0.5) is 52.7 Å². The van der Waals surface area contributed by atoms with Crippen LogP contribution in [-0.4, -0.2) is 19.9 Å². The van der Waals surface area contributed by atoms with Crippen molar-refractivity contribution < 1.29 is 52.7 Å². The number of halogens is 12. The quantitative estimate of drug-likeness (QED) is 0.136. The van der Waals surface area contributed by atoms with Gasteiger partial charge in [0.2, 0.25) is 0 Å². The zero-order valence-electron chi connectivity index (χ0n) is 38.3. The van der Waals surface area contributed by atoms with Gasteiger partial charge in [-0.3, -0.25) is 0 Å². The van der Waals surface area contributed by atoms with Crippen LogP contribution in [0.2, 0.25) is 0 Å². The molecule has 2 aromatic heterocycles. The van der Waals surface area contributed by atoms with E-state index >= 15 is 52.7 Å². The lowest BCUT2D eigenvalue weighted by Crippen LogP contribution is -1.95. The number of nitrogens with zero attached hydrogens (tertiary/aromatic N) is 2. The predicted octanol–water partition coefficient (Wildman–Crippen LogP) is 17.6. The first-order valence-corrected chi connectivity index (χ1v) is 23.1. The summed E-state index contributed by atoms with van der Waals surface area (Å²) < 4.78 is 186. The molecular weight excluding hydrogens is 1000 g/mol. The first-order chi connectivity index (χ1) is 36.7.